The second-order valence-corrected chi connectivity index (χ2v) is 5.38. The average Bonchev–Trinajstić information content (AvgIpc) is 2.15. The van der Waals surface area contributed by atoms with Crippen molar-refractivity contribution in [1.29, 1.82) is 0 Å². The van der Waals surface area contributed by atoms with E-state index < -0.39 is 0 Å². The van der Waals surface area contributed by atoms with E-state index in [2.05, 4.69) is 34.4 Å². The number of hydrogen-bond acceptors (Lipinski definition) is 2. The summed E-state index contributed by atoms with van der Waals surface area (Å²) in [5.41, 5.74) is 0. The van der Waals surface area contributed by atoms with Crippen LogP contribution in [0.1, 0.15) is 26.7 Å². The number of rotatable bonds is 6. The number of carbonyl (C=O) groups is 1. The Morgan fingerprint density at radius 3 is 2.69 bits per heavy atom. The number of nitrogens with one attached hydrogen (secondary N) is 1. The molecule has 0 saturated heterocycles. The Kier molecular flexibility index (Phi) is 7.86. The summed E-state index contributed by atoms with van der Waals surface area (Å²) in [5.74, 6) is 0.107. The molecule has 0 aromatic heterocycles. The van der Waals surface area contributed by atoms with Crippen molar-refractivity contribution in [2.75, 3.05) is 12.8 Å². The summed E-state index contributed by atoms with van der Waals surface area (Å²) in [7, 11) is 0. The molecule has 2 atom stereocenters. The average molecular weight is 268 g/mol. The second-order valence-electron chi connectivity index (χ2n) is 3.00. The number of carbonyl (C=O) groups excluding carboxylic acids is 1. The fourth-order valence-corrected chi connectivity index (χ4v) is 1.33. The number of amides is 1. The minimum atomic E-state index is -0.0305. The zero-order valence-corrected chi connectivity index (χ0v) is 10.9. The van der Waals surface area contributed by atoms with Crippen molar-refractivity contribution in [3.63, 3.8) is 0 Å². The van der Waals surface area contributed by atoms with Gasteiger partial charge in [0.25, 0.3) is 0 Å². The molecule has 0 aliphatic rings. The lowest BCUT2D eigenvalue weighted by molar-refractivity contribution is -0.120. The Morgan fingerprint density at radius 1 is 1.62 bits per heavy atom. The van der Waals surface area contributed by atoms with Crippen molar-refractivity contribution in [2.24, 2.45) is 0 Å². The molecule has 0 radical (unpaired) electrons. The predicted octanol–water partition coefficient (Wildman–Crippen LogP) is 2.42. The maximum absolute atomic E-state index is 11.3. The van der Waals surface area contributed by atoms with E-state index in [9.17, 15) is 4.79 Å². The van der Waals surface area contributed by atoms with Crippen LogP contribution < -0.4 is 5.32 Å². The molecular formula is C9H18BrNOS. The monoisotopic (exact) mass is 267 g/mol. The van der Waals surface area contributed by atoms with E-state index in [1.807, 2.05) is 18.7 Å². The van der Waals surface area contributed by atoms with Crippen LogP contribution in [0.4, 0.5) is 0 Å². The highest BCUT2D eigenvalue weighted by Crippen LogP contribution is 2.08. The summed E-state index contributed by atoms with van der Waals surface area (Å²) >= 11 is 5.14. The standard InChI is InChI=1S/C9H18BrNOS/c1-4-8(10)9(12)11-6-5-7(2)13-3/h7-8H,4-6H2,1-3H3,(H,11,12). The molecule has 0 bridgehead atoms. The third-order valence-corrected chi connectivity index (χ3v) is 4.00. The van der Waals surface area contributed by atoms with Crippen molar-refractivity contribution in [2.45, 2.75) is 36.8 Å². The van der Waals surface area contributed by atoms with E-state index >= 15 is 0 Å². The van der Waals surface area contributed by atoms with Gasteiger partial charge in [-0.15, -0.1) is 0 Å². The summed E-state index contributed by atoms with van der Waals surface area (Å²) in [5, 5.41) is 3.52. The molecule has 1 amide bonds. The molecule has 78 valence electrons. The van der Waals surface area contributed by atoms with Gasteiger partial charge in [-0.1, -0.05) is 29.8 Å². The van der Waals surface area contributed by atoms with Crippen LogP contribution in [0, 0.1) is 0 Å². The van der Waals surface area contributed by atoms with Crippen LogP contribution in [0.3, 0.4) is 0 Å². The molecule has 4 heteroatoms. The first-order chi connectivity index (χ1) is 6.11. The Bertz CT molecular complexity index is 155. The molecule has 0 aromatic rings. The first-order valence-electron chi connectivity index (χ1n) is 4.56. The van der Waals surface area contributed by atoms with Gasteiger partial charge in [0.2, 0.25) is 5.91 Å². The van der Waals surface area contributed by atoms with E-state index in [-0.39, 0.29) is 10.7 Å². The van der Waals surface area contributed by atoms with Crippen LogP contribution in [0.25, 0.3) is 0 Å². The quantitative estimate of drug-likeness (QED) is 0.749. The zero-order valence-electron chi connectivity index (χ0n) is 8.47. The molecule has 0 heterocycles. The number of thioether (sulfide) groups is 1. The Hall–Kier alpha value is 0.300. The lowest BCUT2D eigenvalue weighted by Crippen LogP contribution is -2.32. The molecule has 0 aromatic carbocycles. The molecule has 2 unspecified atom stereocenters. The van der Waals surface area contributed by atoms with Gasteiger partial charge >= 0.3 is 0 Å². The van der Waals surface area contributed by atoms with Gasteiger partial charge in [-0.2, -0.15) is 11.8 Å². The maximum atomic E-state index is 11.3. The van der Waals surface area contributed by atoms with Crippen molar-refractivity contribution in [3.05, 3.63) is 0 Å². The molecule has 0 fully saturated rings. The fourth-order valence-electron chi connectivity index (χ4n) is 0.813. The lowest BCUT2D eigenvalue weighted by Gasteiger charge is -2.11. The first kappa shape index (κ1) is 13.3. The van der Waals surface area contributed by atoms with Crippen LogP contribution >= 0.6 is 27.7 Å². The summed E-state index contributed by atoms with van der Waals surface area (Å²) < 4.78 is 0. The summed E-state index contributed by atoms with van der Waals surface area (Å²) in [6.45, 7) is 4.94. The molecule has 2 nitrogen and oxygen atoms in total. The normalized spacial score (nSPS) is 15.1. The van der Waals surface area contributed by atoms with Crippen LogP contribution in [-0.2, 0) is 4.79 Å². The third kappa shape index (κ3) is 6.38. The van der Waals surface area contributed by atoms with Gasteiger partial charge in [0.1, 0.15) is 0 Å². The second kappa shape index (κ2) is 7.68. The number of hydrogen-bond donors (Lipinski definition) is 1. The molecule has 13 heavy (non-hydrogen) atoms. The van der Waals surface area contributed by atoms with Gasteiger partial charge in [-0.25, -0.2) is 0 Å². The topological polar surface area (TPSA) is 29.1 Å². The molecule has 0 aliphatic carbocycles. The van der Waals surface area contributed by atoms with E-state index in [1.54, 1.807) is 0 Å². The van der Waals surface area contributed by atoms with E-state index in [0.29, 0.717) is 5.25 Å². The number of alkyl halides is 1. The van der Waals surface area contributed by atoms with Gasteiger partial charge in [0.15, 0.2) is 0 Å². The Morgan fingerprint density at radius 2 is 2.23 bits per heavy atom. The summed E-state index contributed by atoms with van der Waals surface area (Å²) in [6, 6.07) is 0. The first-order valence-corrected chi connectivity index (χ1v) is 6.76. The molecule has 0 rings (SSSR count). The molecular weight excluding hydrogens is 250 g/mol. The predicted molar refractivity (Wildman–Crippen MR) is 63.6 cm³/mol. The van der Waals surface area contributed by atoms with Crippen molar-refractivity contribution in [1.82, 2.24) is 5.32 Å². The molecule has 0 saturated carbocycles. The van der Waals surface area contributed by atoms with Gasteiger partial charge in [-0.05, 0) is 19.1 Å². The van der Waals surface area contributed by atoms with Crippen molar-refractivity contribution < 1.29 is 4.79 Å². The van der Waals surface area contributed by atoms with Crippen LogP contribution in [0.2, 0.25) is 0 Å². The van der Waals surface area contributed by atoms with Crippen molar-refractivity contribution >= 4 is 33.6 Å². The van der Waals surface area contributed by atoms with Crippen LogP contribution in [0.5, 0.6) is 0 Å². The molecule has 1 N–H and O–H groups in total. The lowest BCUT2D eigenvalue weighted by atomic mass is 10.3. The largest absolute Gasteiger partial charge is 0.355 e. The van der Waals surface area contributed by atoms with Gasteiger partial charge < -0.3 is 5.32 Å². The van der Waals surface area contributed by atoms with Gasteiger partial charge in [0.05, 0.1) is 4.83 Å². The minimum Gasteiger partial charge on any atom is -0.355 e. The Labute approximate surface area is 93.4 Å². The maximum Gasteiger partial charge on any atom is 0.233 e. The molecule has 0 spiro atoms. The van der Waals surface area contributed by atoms with Crippen LogP contribution in [-0.4, -0.2) is 28.8 Å². The summed E-state index contributed by atoms with van der Waals surface area (Å²) in [4.78, 5) is 11.2. The zero-order chi connectivity index (χ0) is 10.3. The third-order valence-electron chi connectivity index (χ3n) is 1.90. The van der Waals surface area contributed by atoms with Gasteiger partial charge in [0, 0.05) is 11.8 Å². The smallest absolute Gasteiger partial charge is 0.233 e. The SMILES string of the molecule is CCC(Br)C(=O)NCCC(C)SC. The summed E-state index contributed by atoms with van der Waals surface area (Å²) in [6.07, 6.45) is 3.96. The number of halogens is 1. The van der Waals surface area contributed by atoms with E-state index in [1.165, 1.54) is 0 Å². The van der Waals surface area contributed by atoms with Gasteiger partial charge in [-0.3, -0.25) is 4.79 Å². The highest BCUT2D eigenvalue weighted by atomic mass is 79.9. The minimum absolute atomic E-state index is 0.0305. The van der Waals surface area contributed by atoms with E-state index in [4.69, 9.17) is 0 Å². The highest BCUT2D eigenvalue weighted by molar-refractivity contribution is 9.10. The van der Waals surface area contributed by atoms with Crippen molar-refractivity contribution in [3.8, 4) is 0 Å². The van der Waals surface area contributed by atoms with E-state index in [0.717, 1.165) is 19.4 Å². The van der Waals surface area contributed by atoms with Crippen LogP contribution in [0.15, 0.2) is 0 Å². The molecule has 0 aliphatic heterocycles. The highest BCUT2D eigenvalue weighted by Gasteiger charge is 2.11. The fraction of sp³-hybridized carbons (Fsp3) is 0.889. The Balaban J connectivity index is 3.47.